The van der Waals surface area contributed by atoms with Crippen molar-refractivity contribution in [3.63, 3.8) is 0 Å². The highest BCUT2D eigenvalue weighted by Gasteiger charge is 2.38. The van der Waals surface area contributed by atoms with Crippen LogP contribution in [0, 0.1) is 11.3 Å². The van der Waals surface area contributed by atoms with Gasteiger partial charge in [-0.05, 0) is 44.6 Å². The molecule has 1 saturated heterocycles. The number of ether oxygens (including phenoxy) is 1. The predicted molar refractivity (Wildman–Crippen MR) is 73.6 cm³/mol. The number of rotatable bonds is 7. The van der Waals surface area contributed by atoms with Crippen molar-refractivity contribution in [2.24, 2.45) is 11.3 Å². The Morgan fingerprint density at radius 2 is 2.17 bits per heavy atom. The molecular formula is C15H29NO2. The molecule has 3 heteroatoms. The summed E-state index contributed by atoms with van der Waals surface area (Å²) in [5.41, 5.74) is 0.0117. The Bertz CT molecular complexity index is 245. The van der Waals surface area contributed by atoms with Gasteiger partial charge >= 0.3 is 0 Å². The van der Waals surface area contributed by atoms with Crippen LogP contribution in [0.2, 0.25) is 0 Å². The first-order valence-corrected chi connectivity index (χ1v) is 7.58. The summed E-state index contributed by atoms with van der Waals surface area (Å²) in [5.74, 6) is 0.763. The SMILES string of the molecule is CC(C)CCN(CC1(CO)CCCOC1)C1CC1. The molecule has 1 unspecified atom stereocenters. The average Bonchev–Trinajstić information content (AvgIpc) is 3.20. The van der Waals surface area contributed by atoms with Crippen molar-refractivity contribution in [1.82, 2.24) is 4.90 Å². The Morgan fingerprint density at radius 3 is 2.67 bits per heavy atom. The first-order chi connectivity index (χ1) is 8.65. The van der Waals surface area contributed by atoms with Gasteiger partial charge in [0.2, 0.25) is 0 Å². The van der Waals surface area contributed by atoms with Crippen molar-refractivity contribution >= 4 is 0 Å². The predicted octanol–water partition coefficient (Wildman–Crippen LogP) is 2.29. The van der Waals surface area contributed by atoms with Gasteiger partial charge in [-0.3, -0.25) is 4.90 Å². The van der Waals surface area contributed by atoms with Gasteiger partial charge in [0.15, 0.2) is 0 Å². The third-order valence-corrected chi connectivity index (χ3v) is 4.33. The Labute approximate surface area is 112 Å². The zero-order valence-corrected chi connectivity index (χ0v) is 12.0. The number of aliphatic hydroxyl groups is 1. The van der Waals surface area contributed by atoms with Crippen LogP contribution in [-0.4, -0.2) is 49.0 Å². The summed E-state index contributed by atoms with van der Waals surface area (Å²) in [6.07, 6.45) is 6.18. The fourth-order valence-electron chi connectivity index (χ4n) is 2.89. The molecule has 0 amide bonds. The van der Waals surface area contributed by atoms with Crippen LogP contribution in [0.1, 0.15) is 46.0 Å². The average molecular weight is 255 g/mol. The summed E-state index contributed by atoms with van der Waals surface area (Å²) in [5, 5.41) is 9.76. The molecule has 2 aliphatic rings. The molecule has 106 valence electrons. The van der Waals surface area contributed by atoms with E-state index in [0.717, 1.165) is 44.6 Å². The molecule has 0 aromatic rings. The minimum Gasteiger partial charge on any atom is -0.396 e. The fourth-order valence-corrected chi connectivity index (χ4v) is 2.89. The van der Waals surface area contributed by atoms with Gasteiger partial charge < -0.3 is 9.84 Å². The summed E-state index contributed by atoms with van der Waals surface area (Å²) in [7, 11) is 0. The fraction of sp³-hybridized carbons (Fsp3) is 1.00. The Balaban J connectivity index is 1.89. The van der Waals surface area contributed by atoms with Crippen LogP contribution in [-0.2, 0) is 4.74 Å². The molecule has 0 spiro atoms. The van der Waals surface area contributed by atoms with Gasteiger partial charge in [-0.1, -0.05) is 13.8 Å². The summed E-state index contributed by atoms with van der Waals surface area (Å²) in [6, 6.07) is 0.786. The summed E-state index contributed by atoms with van der Waals surface area (Å²) in [6.45, 7) is 8.68. The number of nitrogens with zero attached hydrogens (tertiary/aromatic N) is 1. The van der Waals surface area contributed by atoms with Crippen molar-refractivity contribution < 1.29 is 9.84 Å². The maximum atomic E-state index is 9.76. The second-order valence-corrected chi connectivity index (χ2v) is 6.70. The number of aliphatic hydroxyl groups excluding tert-OH is 1. The molecule has 0 bridgehead atoms. The largest absolute Gasteiger partial charge is 0.396 e. The van der Waals surface area contributed by atoms with Crippen LogP contribution in [0.15, 0.2) is 0 Å². The highest BCUT2D eigenvalue weighted by atomic mass is 16.5. The molecule has 1 aliphatic carbocycles. The van der Waals surface area contributed by atoms with E-state index in [4.69, 9.17) is 4.74 Å². The van der Waals surface area contributed by atoms with E-state index >= 15 is 0 Å². The molecule has 1 atom stereocenters. The Hall–Kier alpha value is -0.120. The zero-order chi connectivity index (χ0) is 13.0. The third-order valence-electron chi connectivity index (χ3n) is 4.33. The lowest BCUT2D eigenvalue weighted by molar-refractivity contribution is -0.0569. The molecule has 0 radical (unpaired) electrons. The Kier molecular flexibility index (Phi) is 5.05. The molecule has 1 saturated carbocycles. The molecule has 1 N–H and O–H groups in total. The lowest BCUT2D eigenvalue weighted by Crippen LogP contribution is -2.46. The van der Waals surface area contributed by atoms with Crippen molar-refractivity contribution in [3.8, 4) is 0 Å². The molecule has 2 fully saturated rings. The van der Waals surface area contributed by atoms with E-state index < -0.39 is 0 Å². The van der Waals surface area contributed by atoms with Gasteiger partial charge in [-0.15, -0.1) is 0 Å². The van der Waals surface area contributed by atoms with Crippen molar-refractivity contribution in [1.29, 1.82) is 0 Å². The van der Waals surface area contributed by atoms with E-state index in [2.05, 4.69) is 18.7 Å². The molecule has 0 aromatic heterocycles. The van der Waals surface area contributed by atoms with Crippen LogP contribution in [0.3, 0.4) is 0 Å². The molecule has 1 heterocycles. The molecule has 0 aromatic carbocycles. The van der Waals surface area contributed by atoms with Gasteiger partial charge in [-0.2, -0.15) is 0 Å². The number of hydrogen-bond donors (Lipinski definition) is 1. The summed E-state index contributed by atoms with van der Waals surface area (Å²) in [4.78, 5) is 2.62. The highest BCUT2D eigenvalue weighted by Crippen LogP contribution is 2.34. The topological polar surface area (TPSA) is 32.7 Å². The second-order valence-electron chi connectivity index (χ2n) is 6.70. The quantitative estimate of drug-likeness (QED) is 0.757. The maximum absolute atomic E-state index is 9.76. The smallest absolute Gasteiger partial charge is 0.0556 e. The normalized spacial score (nSPS) is 29.2. The van der Waals surface area contributed by atoms with Crippen LogP contribution < -0.4 is 0 Å². The van der Waals surface area contributed by atoms with Crippen LogP contribution in [0.25, 0.3) is 0 Å². The summed E-state index contributed by atoms with van der Waals surface area (Å²) < 4.78 is 5.62. The van der Waals surface area contributed by atoms with Gasteiger partial charge in [0.25, 0.3) is 0 Å². The highest BCUT2D eigenvalue weighted by molar-refractivity contribution is 4.91. The van der Waals surface area contributed by atoms with E-state index in [0.29, 0.717) is 0 Å². The van der Waals surface area contributed by atoms with Crippen molar-refractivity contribution in [2.75, 3.05) is 32.9 Å². The molecular weight excluding hydrogens is 226 g/mol. The zero-order valence-electron chi connectivity index (χ0n) is 12.0. The summed E-state index contributed by atoms with van der Waals surface area (Å²) >= 11 is 0. The minimum absolute atomic E-state index is 0.0117. The molecule has 1 aliphatic heterocycles. The van der Waals surface area contributed by atoms with Crippen molar-refractivity contribution in [2.45, 2.75) is 52.0 Å². The first kappa shape index (κ1) is 14.3. The monoisotopic (exact) mass is 255 g/mol. The van der Waals surface area contributed by atoms with Crippen LogP contribution in [0.5, 0.6) is 0 Å². The van der Waals surface area contributed by atoms with Crippen molar-refractivity contribution in [3.05, 3.63) is 0 Å². The molecule has 2 rings (SSSR count). The van der Waals surface area contributed by atoms with Crippen LogP contribution in [0.4, 0.5) is 0 Å². The Morgan fingerprint density at radius 1 is 1.39 bits per heavy atom. The van der Waals surface area contributed by atoms with E-state index in [1.54, 1.807) is 0 Å². The van der Waals surface area contributed by atoms with Gasteiger partial charge in [0.1, 0.15) is 0 Å². The standard InChI is InChI=1S/C15H29NO2/c1-13(2)6-8-16(14-4-5-14)10-15(11-17)7-3-9-18-12-15/h13-14,17H,3-12H2,1-2H3. The van der Waals surface area contributed by atoms with Gasteiger partial charge in [0, 0.05) is 24.6 Å². The third kappa shape index (κ3) is 3.94. The van der Waals surface area contributed by atoms with E-state index in [9.17, 15) is 5.11 Å². The first-order valence-electron chi connectivity index (χ1n) is 7.58. The van der Waals surface area contributed by atoms with Crippen LogP contribution >= 0.6 is 0 Å². The second kappa shape index (κ2) is 6.36. The maximum Gasteiger partial charge on any atom is 0.0556 e. The van der Waals surface area contributed by atoms with Gasteiger partial charge in [-0.25, -0.2) is 0 Å². The minimum atomic E-state index is 0.0117. The molecule has 3 nitrogen and oxygen atoms in total. The number of hydrogen-bond acceptors (Lipinski definition) is 3. The lowest BCUT2D eigenvalue weighted by Gasteiger charge is -2.40. The van der Waals surface area contributed by atoms with E-state index in [1.165, 1.54) is 25.8 Å². The van der Waals surface area contributed by atoms with Gasteiger partial charge in [0.05, 0.1) is 13.2 Å². The van der Waals surface area contributed by atoms with E-state index in [-0.39, 0.29) is 12.0 Å². The lowest BCUT2D eigenvalue weighted by atomic mass is 9.82. The van der Waals surface area contributed by atoms with E-state index in [1.807, 2.05) is 0 Å². The molecule has 18 heavy (non-hydrogen) atoms.